The third-order valence-corrected chi connectivity index (χ3v) is 3.77. The summed E-state index contributed by atoms with van der Waals surface area (Å²) in [6.45, 7) is 5.44. The molecular formula is C15H20O6. The first-order valence-electron chi connectivity index (χ1n) is 7.19. The molecule has 6 nitrogen and oxygen atoms in total. The zero-order valence-electron chi connectivity index (χ0n) is 12.2. The zero-order chi connectivity index (χ0) is 15.5. The molecule has 0 radical (unpaired) electrons. The number of hydrogen-bond acceptors (Lipinski definition) is 6. The van der Waals surface area contributed by atoms with E-state index in [1.807, 2.05) is 0 Å². The predicted molar refractivity (Wildman–Crippen MR) is 71.9 cm³/mol. The van der Waals surface area contributed by atoms with Gasteiger partial charge in [0.2, 0.25) is 0 Å². The number of ether oxygens (including phenoxy) is 3. The van der Waals surface area contributed by atoms with Crippen LogP contribution in [0.5, 0.6) is 0 Å². The molecule has 2 rings (SSSR count). The quantitative estimate of drug-likeness (QED) is 0.405. The summed E-state index contributed by atoms with van der Waals surface area (Å²) in [5, 5.41) is 0. The largest absolute Gasteiger partial charge is 0.462 e. The van der Waals surface area contributed by atoms with Crippen LogP contribution in [-0.2, 0) is 28.6 Å². The molecule has 0 spiro atoms. The van der Waals surface area contributed by atoms with Crippen molar-refractivity contribution in [3.63, 3.8) is 0 Å². The van der Waals surface area contributed by atoms with Crippen LogP contribution in [0.3, 0.4) is 0 Å². The minimum absolute atomic E-state index is 0.154. The Bertz CT molecular complexity index is 447. The minimum atomic E-state index is -1.04. The molecule has 6 heteroatoms. The number of unbranched alkanes of at least 4 members (excludes halogenated alkanes) is 2. The fraction of sp³-hybridized carbons (Fsp3) is 0.667. The van der Waals surface area contributed by atoms with Crippen LogP contribution in [0.25, 0.3) is 0 Å². The highest BCUT2D eigenvalue weighted by Gasteiger charge is 2.57. The van der Waals surface area contributed by atoms with Gasteiger partial charge >= 0.3 is 17.9 Å². The van der Waals surface area contributed by atoms with Gasteiger partial charge in [-0.2, -0.15) is 0 Å². The van der Waals surface area contributed by atoms with Gasteiger partial charge in [0.1, 0.15) is 0 Å². The van der Waals surface area contributed by atoms with E-state index in [0.717, 1.165) is 12.8 Å². The average Bonchev–Trinajstić information content (AvgIpc) is 2.83. The zero-order valence-corrected chi connectivity index (χ0v) is 12.2. The Kier molecular flexibility index (Phi) is 4.65. The summed E-state index contributed by atoms with van der Waals surface area (Å²) in [5.41, 5.74) is 0.382. The Balaban J connectivity index is 1.68. The Labute approximate surface area is 123 Å². The first-order valence-corrected chi connectivity index (χ1v) is 7.19. The van der Waals surface area contributed by atoms with E-state index >= 15 is 0 Å². The van der Waals surface area contributed by atoms with Gasteiger partial charge in [-0.1, -0.05) is 6.58 Å². The van der Waals surface area contributed by atoms with Crippen LogP contribution in [0, 0.1) is 5.92 Å². The van der Waals surface area contributed by atoms with Crippen molar-refractivity contribution >= 4 is 17.9 Å². The van der Waals surface area contributed by atoms with E-state index in [-0.39, 0.29) is 36.7 Å². The van der Waals surface area contributed by atoms with Gasteiger partial charge in [-0.15, -0.1) is 0 Å². The second-order valence-corrected chi connectivity index (χ2v) is 5.59. The van der Waals surface area contributed by atoms with E-state index in [1.165, 1.54) is 0 Å². The summed E-state index contributed by atoms with van der Waals surface area (Å²) in [5.74, 6) is -2.18. The van der Waals surface area contributed by atoms with Gasteiger partial charge in [0.25, 0.3) is 5.79 Å². The highest BCUT2D eigenvalue weighted by molar-refractivity contribution is 5.86. The number of fused-ring (bicyclic) bond motifs is 1. The molecular weight excluding hydrogens is 276 g/mol. The predicted octanol–water partition coefficient (Wildman–Crippen LogP) is 1.87. The van der Waals surface area contributed by atoms with Gasteiger partial charge < -0.3 is 14.2 Å². The maximum atomic E-state index is 11.4. The van der Waals surface area contributed by atoms with Gasteiger partial charge in [0.05, 0.1) is 25.4 Å². The SMILES string of the molecule is C=C(C)C(=O)OCCCCCC12OC(=O)CC1CC(=O)O2. The second-order valence-electron chi connectivity index (χ2n) is 5.59. The topological polar surface area (TPSA) is 78.9 Å². The van der Waals surface area contributed by atoms with Gasteiger partial charge in [0, 0.05) is 12.0 Å². The van der Waals surface area contributed by atoms with Crippen molar-refractivity contribution in [3.8, 4) is 0 Å². The summed E-state index contributed by atoms with van der Waals surface area (Å²) in [6.07, 6.45) is 3.25. The molecule has 0 bridgehead atoms. The lowest BCUT2D eigenvalue weighted by Gasteiger charge is -2.25. The molecule has 0 amide bonds. The van der Waals surface area contributed by atoms with Crippen LogP contribution < -0.4 is 0 Å². The Hall–Kier alpha value is -1.85. The Morgan fingerprint density at radius 2 is 1.86 bits per heavy atom. The second kappa shape index (κ2) is 6.28. The van der Waals surface area contributed by atoms with Crippen LogP contribution >= 0.6 is 0 Å². The number of carbonyl (C=O) groups is 3. The molecule has 2 aliphatic rings. The van der Waals surface area contributed by atoms with Crippen molar-refractivity contribution in [2.45, 2.75) is 51.2 Å². The molecule has 2 saturated heterocycles. The van der Waals surface area contributed by atoms with Crippen LogP contribution in [0.2, 0.25) is 0 Å². The van der Waals surface area contributed by atoms with Gasteiger partial charge in [-0.3, -0.25) is 9.59 Å². The molecule has 0 aromatic heterocycles. The van der Waals surface area contributed by atoms with E-state index in [2.05, 4.69) is 6.58 Å². The maximum absolute atomic E-state index is 11.4. The van der Waals surface area contributed by atoms with Gasteiger partial charge in [0.15, 0.2) is 0 Å². The highest BCUT2D eigenvalue weighted by atomic mass is 16.7. The molecule has 0 aliphatic carbocycles. The van der Waals surface area contributed by atoms with E-state index in [9.17, 15) is 14.4 Å². The lowest BCUT2D eigenvalue weighted by Crippen LogP contribution is -2.33. The van der Waals surface area contributed by atoms with Crippen molar-refractivity contribution in [2.24, 2.45) is 5.92 Å². The van der Waals surface area contributed by atoms with Crippen molar-refractivity contribution in [2.75, 3.05) is 6.61 Å². The third kappa shape index (κ3) is 3.62. The van der Waals surface area contributed by atoms with E-state index in [0.29, 0.717) is 25.0 Å². The van der Waals surface area contributed by atoms with Crippen LogP contribution in [0.1, 0.15) is 45.4 Å². The molecule has 2 fully saturated rings. The third-order valence-electron chi connectivity index (χ3n) is 3.77. The molecule has 21 heavy (non-hydrogen) atoms. The minimum Gasteiger partial charge on any atom is -0.462 e. The Morgan fingerprint density at radius 3 is 2.43 bits per heavy atom. The number of esters is 3. The molecule has 116 valence electrons. The fourth-order valence-corrected chi connectivity index (χ4v) is 2.69. The standard InChI is InChI=1S/C15H20O6/c1-10(2)14(18)19-7-5-3-4-6-15-11(8-12(16)20-15)9-13(17)21-15/h11H,1,3-9H2,2H3. The number of hydrogen-bond donors (Lipinski definition) is 0. The van der Waals surface area contributed by atoms with Gasteiger partial charge in [-0.25, -0.2) is 4.79 Å². The first kappa shape index (κ1) is 15.5. The smallest absolute Gasteiger partial charge is 0.333 e. The van der Waals surface area contributed by atoms with Crippen molar-refractivity contribution in [3.05, 3.63) is 12.2 Å². The molecule has 2 heterocycles. The first-order chi connectivity index (χ1) is 9.93. The van der Waals surface area contributed by atoms with E-state index in [4.69, 9.17) is 14.2 Å². The normalized spacial score (nSPS) is 27.0. The van der Waals surface area contributed by atoms with Crippen LogP contribution in [0.15, 0.2) is 12.2 Å². The average molecular weight is 296 g/mol. The number of carbonyl (C=O) groups excluding carboxylic acids is 3. The maximum Gasteiger partial charge on any atom is 0.333 e. The van der Waals surface area contributed by atoms with Crippen LogP contribution in [0.4, 0.5) is 0 Å². The molecule has 0 N–H and O–H groups in total. The summed E-state index contributed by atoms with van der Waals surface area (Å²) in [4.78, 5) is 33.9. The van der Waals surface area contributed by atoms with E-state index < -0.39 is 5.79 Å². The fourth-order valence-electron chi connectivity index (χ4n) is 2.69. The lowest BCUT2D eigenvalue weighted by atomic mass is 9.93. The van der Waals surface area contributed by atoms with Crippen molar-refractivity contribution < 1.29 is 28.6 Å². The molecule has 0 unspecified atom stereocenters. The van der Waals surface area contributed by atoms with Gasteiger partial charge in [-0.05, 0) is 26.2 Å². The summed E-state index contributed by atoms with van der Waals surface area (Å²) in [6, 6.07) is 0. The van der Waals surface area contributed by atoms with Crippen molar-refractivity contribution in [1.82, 2.24) is 0 Å². The van der Waals surface area contributed by atoms with Crippen LogP contribution in [-0.4, -0.2) is 30.3 Å². The summed E-state index contributed by atoms with van der Waals surface area (Å²) < 4.78 is 15.5. The lowest BCUT2D eigenvalue weighted by molar-refractivity contribution is -0.208. The molecule has 0 aromatic rings. The molecule has 0 aromatic carbocycles. The molecule has 0 atom stereocenters. The summed E-state index contributed by atoms with van der Waals surface area (Å²) in [7, 11) is 0. The summed E-state index contributed by atoms with van der Waals surface area (Å²) >= 11 is 0. The molecule has 2 aliphatic heterocycles. The Morgan fingerprint density at radius 1 is 1.24 bits per heavy atom. The van der Waals surface area contributed by atoms with E-state index in [1.54, 1.807) is 6.92 Å². The number of rotatable bonds is 7. The highest BCUT2D eigenvalue weighted by Crippen LogP contribution is 2.45. The molecule has 0 saturated carbocycles. The van der Waals surface area contributed by atoms with Crippen molar-refractivity contribution in [1.29, 1.82) is 0 Å². The monoisotopic (exact) mass is 296 g/mol.